The summed E-state index contributed by atoms with van der Waals surface area (Å²) in [7, 11) is 0. The molecule has 0 aromatic heterocycles. The zero-order chi connectivity index (χ0) is 14.7. The normalized spacial score (nSPS) is 27.7. The predicted molar refractivity (Wildman–Crippen MR) is 92.4 cm³/mol. The lowest BCUT2D eigenvalue weighted by molar-refractivity contribution is -0.132. The molecule has 1 N–H and O–H groups in total. The fourth-order valence-electron chi connectivity index (χ4n) is 3.87. The number of carbonyl (C=O) groups is 1. The number of likely N-dealkylation sites (tertiary alicyclic amines) is 1. The monoisotopic (exact) mass is 322 g/mol. The Kier molecular flexibility index (Phi) is 6.27. The Morgan fingerprint density at radius 2 is 2.05 bits per heavy atom. The van der Waals surface area contributed by atoms with Crippen LogP contribution in [-0.4, -0.2) is 36.5 Å². The van der Waals surface area contributed by atoms with E-state index in [-0.39, 0.29) is 12.4 Å². The summed E-state index contributed by atoms with van der Waals surface area (Å²) in [4.78, 5) is 14.6. The molecule has 2 aliphatic rings. The minimum absolute atomic E-state index is 0. The van der Waals surface area contributed by atoms with Gasteiger partial charge in [0.05, 0.1) is 0 Å². The van der Waals surface area contributed by atoms with Crippen LogP contribution in [0.15, 0.2) is 30.3 Å². The van der Waals surface area contributed by atoms with Crippen molar-refractivity contribution in [3.63, 3.8) is 0 Å². The number of hydrogen-bond acceptors (Lipinski definition) is 2. The van der Waals surface area contributed by atoms with Gasteiger partial charge in [0.15, 0.2) is 0 Å². The summed E-state index contributed by atoms with van der Waals surface area (Å²) in [5.74, 6) is 1.56. The quantitative estimate of drug-likeness (QED) is 0.923. The van der Waals surface area contributed by atoms with Crippen molar-refractivity contribution >= 4 is 18.3 Å². The van der Waals surface area contributed by atoms with Gasteiger partial charge in [-0.15, -0.1) is 12.4 Å². The molecule has 2 fully saturated rings. The number of nitrogens with one attached hydrogen (secondary N) is 1. The summed E-state index contributed by atoms with van der Waals surface area (Å²) in [6, 6.07) is 11.0. The van der Waals surface area contributed by atoms with Crippen LogP contribution in [-0.2, 0) is 4.79 Å². The molecule has 2 aliphatic heterocycles. The van der Waals surface area contributed by atoms with Crippen LogP contribution in [0, 0.1) is 5.92 Å². The van der Waals surface area contributed by atoms with Crippen molar-refractivity contribution in [2.45, 2.75) is 44.6 Å². The second kappa shape index (κ2) is 7.98. The minimum Gasteiger partial charge on any atom is -0.339 e. The Balaban J connectivity index is 0.00000176. The van der Waals surface area contributed by atoms with Gasteiger partial charge in [-0.1, -0.05) is 30.3 Å². The van der Waals surface area contributed by atoms with Gasteiger partial charge in [-0.05, 0) is 50.8 Å². The molecular formula is C18H27ClN2O. The number of amides is 1. The van der Waals surface area contributed by atoms with Crippen LogP contribution in [0.1, 0.15) is 44.1 Å². The van der Waals surface area contributed by atoms with Gasteiger partial charge in [-0.3, -0.25) is 4.79 Å². The maximum atomic E-state index is 12.5. The van der Waals surface area contributed by atoms with Gasteiger partial charge in [0.1, 0.15) is 0 Å². The Morgan fingerprint density at radius 1 is 1.27 bits per heavy atom. The second-order valence-corrected chi connectivity index (χ2v) is 6.53. The largest absolute Gasteiger partial charge is 0.339 e. The van der Waals surface area contributed by atoms with Gasteiger partial charge in [0.2, 0.25) is 5.91 Å². The molecule has 0 aliphatic carbocycles. The SMILES string of the molecule is CC1C(c2ccccc2)CCN1C(=O)CCC1CCNC1.Cl. The summed E-state index contributed by atoms with van der Waals surface area (Å²) in [5, 5.41) is 3.38. The Morgan fingerprint density at radius 3 is 2.73 bits per heavy atom. The van der Waals surface area contributed by atoms with Crippen molar-refractivity contribution < 1.29 is 4.79 Å². The van der Waals surface area contributed by atoms with Gasteiger partial charge in [-0.25, -0.2) is 0 Å². The average Bonchev–Trinajstić information content (AvgIpc) is 3.15. The third kappa shape index (κ3) is 3.82. The van der Waals surface area contributed by atoms with Crippen LogP contribution < -0.4 is 5.32 Å². The zero-order valence-corrected chi connectivity index (χ0v) is 14.1. The lowest BCUT2D eigenvalue weighted by atomic mass is 9.93. The van der Waals surface area contributed by atoms with Gasteiger partial charge >= 0.3 is 0 Å². The van der Waals surface area contributed by atoms with Crippen LogP contribution in [0.3, 0.4) is 0 Å². The molecule has 1 amide bonds. The zero-order valence-electron chi connectivity index (χ0n) is 13.3. The molecule has 0 radical (unpaired) electrons. The number of nitrogens with zero attached hydrogens (tertiary/aromatic N) is 1. The van der Waals surface area contributed by atoms with E-state index in [0.717, 1.165) is 38.9 Å². The smallest absolute Gasteiger partial charge is 0.222 e. The highest BCUT2D eigenvalue weighted by Gasteiger charge is 2.34. The topological polar surface area (TPSA) is 32.3 Å². The van der Waals surface area contributed by atoms with E-state index in [9.17, 15) is 4.79 Å². The first-order valence-corrected chi connectivity index (χ1v) is 8.31. The van der Waals surface area contributed by atoms with E-state index in [1.54, 1.807) is 0 Å². The van der Waals surface area contributed by atoms with E-state index in [1.165, 1.54) is 12.0 Å². The molecule has 1 aromatic carbocycles. The Labute approximate surface area is 139 Å². The van der Waals surface area contributed by atoms with Crippen molar-refractivity contribution in [2.75, 3.05) is 19.6 Å². The van der Waals surface area contributed by atoms with E-state index in [2.05, 4.69) is 47.5 Å². The van der Waals surface area contributed by atoms with Gasteiger partial charge in [0, 0.05) is 24.9 Å². The molecule has 4 heteroatoms. The molecular weight excluding hydrogens is 296 g/mol. The summed E-state index contributed by atoms with van der Waals surface area (Å²) in [5.41, 5.74) is 1.38. The highest BCUT2D eigenvalue weighted by Crippen LogP contribution is 2.33. The van der Waals surface area contributed by atoms with Crippen LogP contribution >= 0.6 is 12.4 Å². The van der Waals surface area contributed by atoms with Crippen molar-refractivity contribution in [2.24, 2.45) is 5.92 Å². The standard InChI is InChI=1S/C18H26N2O.ClH/c1-14-17(16-5-3-2-4-6-16)10-12-20(14)18(21)8-7-15-9-11-19-13-15;/h2-6,14-15,17,19H,7-13H2,1H3;1H. The highest BCUT2D eigenvalue weighted by molar-refractivity contribution is 5.85. The molecule has 0 spiro atoms. The van der Waals surface area contributed by atoms with Crippen molar-refractivity contribution in [3.8, 4) is 0 Å². The molecule has 3 nitrogen and oxygen atoms in total. The molecule has 0 saturated carbocycles. The molecule has 0 bridgehead atoms. The summed E-state index contributed by atoms with van der Waals surface area (Å²) < 4.78 is 0. The van der Waals surface area contributed by atoms with E-state index in [4.69, 9.17) is 0 Å². The molecule has 3 unspecified atom stereocenters. The first-order chi connectivity index (χ1) is 10.3. The number of rotatable bonds is 4. The summed E-state index contributed by atoms with van der Waals surface area (Å²) >= 11 is 0. The first kappa shape index (κ1) is 17.3. The first-order valence-electron chi connectivity index (χ1n) is 8.31. The molecule has 22 heavy (non-hydrogen) atoms. The third-order valence-corrected chi connectivity index (χ3v) is 5.23. The highest BCUT2D eigenvalue weighted by atomic mass is 35.5. The van der Waals surface area contributed by atoms with E-state index < -0.39 is 0 Å². The third-order valence-electron chi connectivity index (χ3n) is 5.23. The number of benzene rings is 1. The lowest BCUT2D eigenvalue weighted by Crippen LogP contribution is -2.35. The second-order valence-electron chi connectivity index (χ2n) is 6.53. The molecule has 3 rings (SSSR count). The van der Waals surface area contributed by atoms with E-state index >= 15 is 0 Å². The van der Waals surface area contributed by atoms with Gasteiger partial charge in [0.25, 0.3) is 0 Å². The van der Waals surface area contributed by atoms with Crippen LogP contribution in [0.2, 0.25) is 0 Å². The number of hydrogen-bond donors (Lipinski definition) is 1. The molecule has 3 atom stereocenters. The van der Waals surface area contributed by atoms with Crippen LogP contribution in [0.4, 0.5) is 0 Å². The fourth-order valence-corrected chi connectivity index (χ4v) is 3.87. The van der Waals surface area contributed by atoms with Crippen molar-refractivity contribution in [3.05, 3.63) is 35.9 Å². The minimum atomic E-state index is 0. The van der Waals surface area contributed by atoms with Crippen LogP contribution in [0.5, 0.6) is 0 Å². The van der Waals surface area contributed by atoms with Crippen LogP contribution in [0.25, 0.3) is 0 Å². The Hall–Kier alpha value is -1.06. The van der Waals surface area contributed by atoms with Gasteiger partial charge < -0.3 is 10.2 Å². The Bertz CT molecular complexity index is 473. The van der Waals surface area contributed by atoms with E-state index in [1.807, 2.05) is 0 Å². The predicted octanol–water partition coefficient (Wildman–Crippen LogP) is 3.20. The average molecular weight is 323 g/mol. The molecule has 2 saturated heterocycles. The molecule has 122 valence electrons. The molecule has 1 aromatic rings. The van der Waals surface area contributed by atoms with Gasteiger partial charge in [-0.2, -0.15) is 0 Å². The maximum absolute atomic E-state index is 12.5. The summed E-state index contributed by atoms with van der Waals surface area (Å²) in [6.45, 7) is 5.34. The lowest BCUT2D eigenvalue weighted by Gasteiger charge is -2.25. The fraction of sp³-hybridized carbons (Fsp3) is 0.611. The number of carbonyl (C=O) groups excluding carboxylic acids is 1. The number of halogens is 1. The molecule has 2 heterocycles. The summed E-state index contributed by atoms with van der Waals surface area (Å²) in [6.07, 6.45) is 4.10. The van der Waals surface area contributed by atoms with Crippen molar-refractivity contribution in [1.29, 1.82) is 0 Å². The van der Waals surface area contributed by atoms with Crippen molar-refractivity contribution in [1.82, 2.24) is 10.2 Å². The van der Waals surface area contributed by atoms with E-state index in [0.29, 0.717) is 23.8 Å². The maximum Gasteiger partial charge on any atom is 0.222 e.